The van der Waals surface area contributed by atoms with Crippen LogP contribution < -0.4 is 42.9 Å². The van der Waals surface area contributed by atoms with Gasteiger partial charge < -0.3 is 30.0 Å². The fraction of sp³-hybridized carbons (Fsp3) is 0.222. The van der Waals surface area contributed by atoms with Crippen molar-refractivity contribution < 1.29 is 28.9 Å². The van der Waals surface area contributed by atoms with E-state index >= 15 is 0 Å². The molecule has 3 N–H and O–H groups in total. The van der Waals surface area contributed by atoms with Gasteiger partial charge in [0.2, 0.25) is 23.7 Å². The van der Waals surface area contributed by atoms with Crippen molar-refractivity contribution >= 4 is 35.2 Å². The van der Waals surface area contributed by atoms with Crippen LogP contribution in [0.2, 0.25) is 0 Å². The van der Waals surface area contributed by atoms with E-state index in [0.717, 1.165) is 31.4 Å². The number of hydrogen-bond donors (Lipinski definition) is 3. The first-order valence-corrected chi connectivity index (χ1v) is 22.9. The number of carboxylic acid groups (broad SMARTS) is 1. The number of benzene rings is 4. The minimum absolute atomic E-state index is 0. The molecule has 0 bridgehead atoms. The predicted octanol–water partition coefficient (Wildman–Crippen LogP) is 7.55. The minimum atomic E-state index is -1.11. The van der Waals surface area contributed by atoms with Crippen molar-refractivity contribution in [2.45, 2.75) is 61.3 Å². The van der Waals surface area contributed by atoms with E-state index in [9.17, 15) is 33.9 Å². The Labute approximate surface area is 425 Å². The third-order valence-corrected chi connectivity index (χ3v) is 11.1. The summed E-state index contributed by atoms with van der Waals surface area (Å²) in [5.74, 6) is -1.10. The number of aryl methyl sites for hydroxylation is 2. The molecule has 74 heavy (non-hydrogen) atoms. The van der Waals surface area contributed by atoms with Gasteiger partial charge in [-0.05, 0) is 85.6 Å². The number of carbonyl (C=O) groups excluding carboxylic acids is 1. The maximum absolute atomic E-state index is 13.4. The van der Waals surface area contributed by atoms with Gasteiger partial charge >= 0.3 is 34.7 Å². The molecule has 0 saturated heterocycles. The number of nitrogens with one attached hydrogen (secondary N) is 2. The normalized spacial score (nSPS) is 11.4. The first kappa shape index (κ1) is 53.9. The molecule has 2 atom stereocenters. The maximum Gasteiger partial charge on any atom is 0.354 e. The van der Waals surface area contributed by atoms with E-state index in [2.05, 4.69) is 30.6 Å². The van der Waals surface area contributed by atoms with Crippen LogP contribution >= 0.6 is 0 Å². The molecule has 0 aliphatic rings. The number of carbonyl (C=O) groups is 2. The van der Waals surface area contributed by atoms with Gasteiger partial charge in [-0.2, -0.15) is 9.97 Å². The molecule has 4 aromatic heterocycles. The van der Waals surface area contributed by atoms with Crippen LogP contribution in [0.3, 0.4) is 0 Å². The van der Waals surface area contributed by atoms with E-state index in [1.807, 2.05) is 74.5 Å². The summed E-state index contributed by atoms with van der Waals surface area (Å²) in [7, 11) is 1.26. The molecule has 4 heterocycles. The fourth-order valence-corrected chi connectivity index (χ4v) is 7.03. The molecule has 0 aliphatic heterocycles. The van der Waals surface area contributed by atoms with Crippen molar-refractivity contribution in [1.29, 1.82) is 0 Å². The fourth-order valence-electron chi connectivity index (χ4n) is 7.03. The molecule has 0 unspecified atom stereocenters. The first-order valence-electron chi connectivity index (χ1n) is 22.9. The van der Waals surface area contributed by atoms with Gasteiger partial charge in [0.1, 0.15) is 11.5 Å². The standard InChI is InChI=1S/C27H27N5O5.C26H25N5O5.CH4/c1-18-7-9-20(10-8-18)17-31-25(30-26(34)32(27(31)35)16-19(2)24(33)36-3)29-21-11-13-22(14-12-21)37-23-6-4-5-15-28-23;1-17-6-8-19(9-7-17)16-30-24(29-25(34)31(26(30)35)15-18(2)23(32)33)28-20-10-12-21(13-11-20)36-22-5-3-4-14-27-22;/h4-15,19H,16-17H2,1-3H3,(H,29,30,34);3-14,18H,15-16H2,1-2H3,(H,32,33)(H,28,29,34);1H4/t19-;18-;/m00./s1. The van der Waals surface area contributed by atoms with E-state index < -0.39 is 46.5 Å². The Morgan fingerprint density at radius 2 is 0.946 bits per heavy atom. The Bertz CT molecular complexity index is 3400. The SMILES string of the molecule is C.COC(=O)[C@@H](C)Cn1c(=O)nc(Nc2ccc(Oc3ccccn3)cc2)n(Cc2ccc(C)cc2)c1=O.Cc1ccc(Cn2c(Nc3ccc(Oc4ccccn4)cc3)nc(=O)n(C[C@H](C)C(=O)O)c2=O)cc1. The van der Waals surface area contributed by atoms with E-state index in [-0.39, 0.29) is 45.5 Å². The molecule has 8 rings (SSSR count). The second-order valence-corrected chi connectivity index (χ2v) is 16.9. The van der Waals surface area contributed by atoms with Crippen LogP contribution in [0.5, 0.6) is 23.3 Å². The average Bonchev–Trinajstić information content (AvgIpc) is 3.39. The molecule has 382 valence electrons. The molecule has 0 aliphatic carbocycles. The lowest BCUT2D eigenvalue weighted by Crippen LogP contribution is -2.44. The molecule has 0 radical (unpaired) electrons. The zero-order chi connectivity index (χ0) is 52.0. The van der Waals surface area contributed by atoms with Crippen LogP contribution in [0, 0.1) is 25.7 Å². The summed E-state index contributed by atoms with van der Waals surface area (Å²) in [5, 5.41) is 15.3. The number of rotatable bonds is 18. The Balaban J connectivity index is 0.000000238. The molecule has 8 aromatic rings. The van der Waals surface area contributed by atoms with Crippen molar-refractivity contribution in [2.24, 2.45) is 11.8 Å². The van der Waals surface area contributed by atoms with Crippen molar-refractivity contribution in [3.8, 4) is 23.3 Å². The van der Waals surface area contributed by atoms with Crippen LogP contribution in [0.1, 0.15) is 43.5 Å². The molecule has 0 saturated carbocycles. The Kier molecular flexibility index (Phi) is 18.3. The van der Waals surface area contributed by atoms with Crippen LogP contribution in [-0.4, -0.2) is 62.4 Å². The van der Waals surface area contributed by atoms with Crippen LogP contribution in [-0.2, 0) is 40.5 Å². The summed E-state index contributed by atoms with van der Waals surface area (Å²) >= 11 is 0. The van der Waals surface area contributed by atoms with Gasteiger partial charge in [-0.25, -0.2) is 38.3 Å². The van der Waals surface area contributed by atoms with Crippen molar-refractivity contribution in [3.05, 3.63) is 210 Å². The Morgan fingerprint density at radius 3 is 1.30 bits per heavy atom. The lowest BCUT2D eigenvalue weighted by atomic mass is 10.1. The smallest absolute Gasteiger partial charge is 0.354 e. The topological polar surface area (TPSA) is 246 Å². The highest BCUT2D eigenvalue weighted by Gasteiger charge is 2.21. The van der Waals surface area contributed by atoms with Crippen molar-refractivity contribution in [1.82, 2.24) is 38.2 Å². The highest BCUT2D eigenvalue weighted by Crippen LogP contribution is 2.24. The zero-order valence-electron chi connectivity index (χ0n) is 40.5. The molecule has 20 heteroatoms. The number of aliphatic carboxylic acids is 1. The number of aromatic nitrogens is 8. The summed E-state index contributed by atoms with van der Waals surface area (Å²) in [4.78, 5) is 92.0. The number of pyridine rings is 2. The molecular formula is C54H56N10O10. The number of ether oxygens (including phenoxy) is 3. The number of carboxylic acids is 1. The molecular weight excluding hydrogens is 949 g/mol. The van der Waals surface area contributed by atoms with Gasteiger partial charge in [-0.15, -0.1) is 0 Å². The quantitative estimate of drug-likeness (QED) is 0.0702. The minimum Gasteiger partial charge on any atom is -0.481 e. The van der Waals surface area contributed by atoms with Gasteiger partial charge in [0.05, 0.1) is 32.0 Å². The highest BCUT2D eigenvalue weighted by molar-refractivity contribution is 5.71. The van der Waals surface area contributed by atoms with Crippen LogP contribution in [0.4, 0.5) is 23.3 Å². The molecule has 20 nitrogen and oxygen atoms in total. The predicted molar refractivity (Wildman–Crippen MR) is 279 cm³/mol. The number of esters is 1. The largest absolute Gasteiger partial charge is 0.481 e. The third kappa shape index (κ3) is 14.3. The molecule has 0 fully saturated rings. The second-order valence-electron chi connectivity index (χ2n) is 16.9. The maximum atomic E-state index is 13.4. The number of nitrogens with zero attached hydrogens (tertiary/aromatic N) is 8. The van der Waals surface area contributed by atoms with Crippen LogP contribution in [0.15, 0.2) is 165 Å². The number of methoxy groups -OCH3 is 1. The van der Waals surface area contributed by atoms with Crippen LogP contribution in [0.25, 0.3) is 0 Å². The summed E-state index contributed by atoms with van der Waals surface area (Å²) in [6, 6.07) is 39.8. The summed E-state index contributed by atoms with van der Waals surface area (Å²) in [6.07, 6.45) is 3.27. The number of anilines is 4. The van der Waals surface area contributed by atoms with E-state index in [1.165, 1.54) is 23.2 Å². The van der Waals surface area contributed by atoms with E-state index in [0.29, 0.717) is 34.6 Å². The first-order chi connectivity index (χ1) is 35.1. The Morgan fingerprint density at radius 1 is 0.554 bits per heavy atom. The molecule has 4 aromatic carbocycles. The Hall–Kier alpha value is -9.46. The third-order valence-electron chi connectivity index (χ3n) is 11.1. The summed E-state index contributed by atoms with van der Waals surface area (Å²) in [5.41, 5.74) is 2.15. The van der Waals surface area contributed by atoms with Crippen molar-refractivity contribution in [3.63, 3.8) is 0 Å². The van der Waals surface area contributed by atoms with Gasteiger partial charge in [0.15, 0.2) is 0 Å². The molecule has 0 amide bonds. The van der Waals surface area contributed by atoms with Crippen molar-refractivity contribution in [2.75, 3.05) is 17.7 Å². The van der Waals surface area contributed by atoms with E-state index in [1.54, 1.807) is 92.1 Å². The van der Waals surface area contributed by atoms with Gasteiger partial charge in [-0.1, -0.05) is 93.1 Å². The van der Waals surface area contributed by atoms with E-state index in [4.69, 9.17) is 14.2 Å². The zero-order valence-corrected chi connectivity index (χ0v) is 40.5. The molecule has 0 spiro atoms. The summed E-state index contributed by atoms with van der Waals surface area (Å²) in [6.45, 7) is 6.82. The highest BCUT2D eigenvalue weighted by atomic mass is 16.5. The number of hydrogen-bond acceptors (Lipinski definition) is 15. The second kappa shape index (κ2) is 25.1. The lowest BCUT2D eigenvalue weighted by molar-refractivity contribution is -0.145. The average molecular weight is 1010 g/mol. The van der Waals surface area contributed by atoms with Gasteiger partial charge in [0.25, 0.3) is 0 Å². The van der Waals surface area contributed by atoms with Gasteiger partial charge in [0, 0.05) is 49.0 Å². The lowest BCUT2D eigenvalue weighted by Gasteiger charge is -2.17. The monoisotopic (exact) mass is 1000 g/mol. The summed E-state index contributed by atoms with van der Waals surface area (Å²) < 4.78 is 20.6. The van der Waals surface area contributed by atoms with Gasteiger partial charge in [-0.3, -0.25) is 18.7 Å².